The number of benzene rings is 2. The van der Waals surface area contributed by atoms with Gasteiger partial charge in [0.15, 0.2) is 0 Å². The minimum atomic E-state index is -0.324. The van der Waals surface area contributed by atoms with Crippen LogP contribution in [0, 0.1) is 12.8 Å². The third kappa shape index (κ3) is 3.68. The highest BCUT2D eigenvalue weighted by Gasteiger charge is 2.35. The lowest BCUT2D eigenvalue weighted by Gasteiger charge is -2.19. The summed E-state index contributed by atoms with van der Waals surface area (Å²) < 4.78 is 0. The molecule has 4 rings (SSSR count). The van der Waals surface area contributed by atoms with E-state index in [-0.39, 0.29) is 24.2 Å². The number of hydrogen-bond donors (Lipinski definition) is 1. The number of nitrogens with zero attached hydrogens (tertiary/aromatic N) is 2. The third-order valence-electron chi connectivity index (χ3n) is 5.51. The predicted octanol–water partition coefficient (Wildman–Crippen LogP) is 3.59. The minimum Gasteiger partial charge on any atom is -0.372 e. The van der Waals surface area contributed by atoms with Crippen molar-refractivity contribution in [2.45, 2.75) is 26.2 Å². The van der Waals surface area contributed by atoms with Crippen molar-refractivity contribution in [3.63, 3.8) is 0 Å². The summed E-state index contributed by atoms with van der Waals surface area (Å²) >= 11 is 0. The number of carbonyl (C=O) groups is 2. The summed E-state index contributed by atoms with van der Waals surface area (Å²) in [6, 6.07) is 15.8. The van der Waals surface area contributed by atoms with Crippen molar-refractivity contribution in [2.24, 2.45) is 5.92 Å². The zero-order chi connectivity index (χ0) is 18.8. The Balaban J connectivity index is 1.40. The molecular weight excluding hydrogens is 338 g/mol. The molecule has 0 aromatic heterocycles. The molecule has 0 saturated carbocycles. The maximum absolute atomic E-state index is 12.7. The molecule has 2 aliphatic rings. The fourth-order valence-corrected chi connectivity index (χ4v) is 3.96. The summed E-state index contributed by atoms with van der Waals surface area (Å²) in [5, 5.41) is 2.97. The van der Waals surface area contributed by atoms with Gasteiger partial charge in [-0.2, -0.15) is 0 Å². The van der Waals surface area contributed by atoms with Crippen LogP contribution < -0.4 is 15.1 Å². The van der Waals surface area contributed by atoms with Crippen molar-refractivity contribution in [1.29, 1.82) is 0 Å². The van der Waals surface area contributed by atoms with Gasteiger partial charge in [-0.05, 0) is 55.7 Å². The normalized spacial score (nSPS) is 19.6. The number of para-hydroxylation sites is 1. The Morgan fingerprint density at radius 2 is 1.74 bits per heavy atom. The lowest BCUT2D eigenvalue weighted by atomic mass is 10.1. The Hall–Kier alpha value is -2.82. The SMILES string of the molecule is Cc1ccccc1N1CC(C(=O)Nc2ccc(N3CCCC3)cc2)CC1=O. The van der Waals surface area contributed by atoms with Gasteiger partial charge in [0, 0.05) is 43.1 Å². The molecule has 5 nitrogen and oxygen atoms in total. The highest BCUT2D eigenvalue weighted by atomic mass is 16.2. The van der Waals surface area contributed by atoms with Gasteiger partial charge in [0.1, 0.15) is 0 Å². The van der Waals surface area contributed by atoms with E-state index in [1.165, 1.54) is 18.5 Å². The third-order valence-corrected chi connectivity index (χ3v) is 5.51. The van der Waals surface area contributed by atoms with Crippen molar-refractivity contribution in [3.05, 3.63) is 54.1 Å². The van der Waals surface area contributed by atoms with Crippen molar-refractivity contribution in [2.75, 3.05) is 34.8 Å². The minimum absolute atomic E-state index is 0.00818. The van der Waals surface area contributed by atoms with E-state index in [1.54, 1.807) is 4.90 Å². The number of aryl methyl sites for hydroxylation is 1. The molecule has 0 spiro atoms. The van der Waals surface area contributed by atoms with Crippen LogP contribution in [0.4, 0.5) is 17.1 Å². The molecule has 2 amide bonds. The van der Waals surface area contributed by atoms with Crippen LogP contribution >= 0.6 is 0 Å². The average molecular weight is 363 g/mol. The molecule has 2 saturated heterocycles. The van der Waals surface area contributed by atoms with Crippen LogP contribution in [0.1, 0.15) is 24.8 Å². The molecule has 2 fully saturated rings. The topological polar surface area (TPSA) is 52.7 Å². The van der Waals surface area contributed by atoms with E-state index < -0.39 is 0 Å². The summed E-state index contributed by atoms with van der Waals surface area (Å²) in [7, 11) is 0. The fraction of sp³-hybridized carbons (Fsp3) is 0.364. The van der Waals surface area contributed by atoms with Gasteiger partial charge in [0.05, 0.1) is 5.92 Å². The first kappa shape index (κ1) is 17.6. The quantitative estimate of drug-likeness (QED) is 0.903. The standard InChI is InChI=1S/C22H25N3O2/c1-16-6-2-3-7-20(16)25-15-17(14-21(25)26)22(27)23-18-8-10-19(11-9-18)24-12-4-5-13-24/h2-3,6-11,17H,4-5,12-15H2,1H3,(H,23,27). The number of carbonyl (C=O) groups excluding carboxylic acids is 2. The molecule has 1 atom stereocenters. The van der Waals surface area contributed by atoms with Gasteiger partial charge in [-0.15, -0.1) is 0 Å². The van der Waals surface area contributed by atoms with Crippen LogP contribution in [-0.2, 0) is 9.59 Å². The van der Waals surface area contributed by atoms with Crippen molar-refractivity contribution < 1.29 is 9.59 Å². The highest BCUT2D eigenvalue weighted by Crippen LogP contribution is 2.29. The number of nitrogens with one attached hydrogen (secondary N) is 1. The van der Waals surface area contributed by atoms with E-state index in [1.807, 2.05) is 43.3 Å². The Morgan fingerprint density at radius 3 is 2.44 bits per heavy atom. The largest absolute Gasteiger partial charge is 0.372 e. The summed E-state index contributed by atoms with van der Waals surface area (Å²) in [6.07, 6.45) is 2.74. The number of anilines is 3. The van der Waals surface area contributed by atoms with E-state index in [2.05, 4.69) is 22.3 Å². The van der Waals surface area contributed by atoms with E-state index >= 15 is 0 Å². The first-order chi connectivity index (χ1) is 13.1. The monoisotopic (exact) mass is 363 g/mol. The van der Waals surface area contributed by atoms with E-state index in [9.17, 15) is 9.59 Å². The summed E-state index contributed by atoms with van der Waals surface area (Å²) in [5.41, 5.74) is 3.93. The number of hydrogen-bond acceptors (Lipinski definition) is 3. The molecule has 1 unspecified atom stereocenters. The molecular formula is C22H25N3O2. The molecule has 1 N–H and O–H groups in total. The summed E-state index contributed by atoms with van der Waals surface area (Å²) in [4.78, 5) is 29.2. The van der Waals surface area contributed by atoms with Crippen molar-refractivity contribution in [1.82, 2.24) is 0 Å². The van der Waals surface area contributed by atoms with Crippen LogP contribution in [0.3, 0.4) is 0 Å². The van der Waals surface area contributed by atoms with Gasteiger partial charge < -0.3 is 15.1 Å². The second-order valence-corrected chi connectivity index (χ2v) is 7.42. The van der Waals surface area contributed by atoms with Crippen molar-refractivity contribution in [3.8, 4) is 0 Å². The molecule has 27 heavy (non-hydrogen) atoms. The zero-order valence-electron chi connectivity index (χ0n) is 15.6. The molecule has 5 heteroatoms. The first-order valence-corrected chi connectivity index (χ1v) is 9.64. The molecule has 140 valence electrons. The van der Waals surface area contributed by atoms with Crippen LogP contribution in [0.2, 0.25) is 0 Å². The molecule has 2 aromatic carbocycles. The lowest BCUT2D eigenvalue weighted by Crippen LogP contribution is -2.28. The molecule has 0 aliphatic carbocycles. The maximum atomic E-state index is 12.7. The Morgan fingerprint density at radius 1 is 1.04 bits per heavy atom. The maximum Gasteiger partial charge on any atom is 0.229 e. The zero-order valence-corrected chi connectivity index (χ0v) is 15.6. The number of amides is 2. The smallest absolute Gasteiger partial charge is 0.229 e. The van der Waals surface area contributed by atoms with E-state index in [0.29, 0.717) is 6.54 Å². The Labute approximate surface area is 160 Å². The molecule has 2 aromatic rings. The van der Waals surface area contributed by atoms with Crippen LogP contribution in [0.5, 0.6) is 0 Å². The Kier molecular flexibility index (Phi) is 4.84. The lowest BCUT2D eigenvalue weighted by molar-refractivity contribution is -0.122. The predicted molar refractivity (Wildman–Crippen MR) is 108 cm³/mol. The fourth-order valence-electron chi connectivity index (χ4n) is 3.96. The van der Waals surface area contributed by atoms with Gasteiger partial charge >= 0.3 is 0 Å². The van der Waals surface area contributed by atoms with Crippen molar-refractivity contribution >= 4 is 28.9 Å². The van der Waals surface area contributed by atoms with Gasteiger partial charge in [0.25, 0.3) is 0 Å². The second kappa shape index (κ2) is 7.43. The van der Waals surface area contributed by atoms with Crippen LogP contribution in [0.15, 0.2) is 48.5 Å². The van der Waals surface area contributed by atoms with Gasteiger partial charge in [-0.3, -0.25) is 9.59 Å². The summed E-state index contributed by atoms with van der Waals surface area (Å²) in [6.45, 7) is 4.62. The van der Waals surface area contributed by atoms with Crippen LogP contribution in [-0.4, -0.2) is 31.4 Å². The Bertz CT molecular complexity index is 841. The van der Waals surface area contributed by atoms with Gasteiger partial charge in [0.2, 0.25) is 11.8 Å². The van der Waals surface area contributed by atoms with Gasteiger partial charge in [-0.1, -0.05) is 18.2 Å². The molecule has 2 heterocycles. The average Bonchev–Trinajstić information content (AvgIpc) is 3.33. The first-order valence-electron chi connectivity index (χ1n) is 9.64. The van der Waals surface area contributed by atoms with Crippen LogP contribution in [0.25, 0.3) is 0 Å². The van der Waals surface area contributed by atoms with E-state index in [0.717, 1.165) is 30.0 Å². The molecule has 2 aliphatic heterocycles. The summed E-state index contributed by atoms with van der Waals surface area (Å²) in [5.74, 6) is -0.405. The van der Waals surface area contributed by atoms with E-state index in [4.69, 9.17) is 0 Å². The molecule has 0 radical (unpaired) electrons. The molecule has 0 bridgehead atoms. The van der Waals surface area contributed by atoms with Gasteiger partial charge in [-0.25, -0.2) is 0 Å². The highest BCUT2D eigenvalue weighted by molar-refractivity contribution is 6.03. The second-order valence-electron chi connectivity index (χ2n) is 7.42. The number of rotatable bonds is 4.